The van der Waals surface area contributed by atoms with Crippen LogP contribution in [0.4, 0.5) is 34.1 Å². The van der Waals surface area contributed by atoms with E-state index < -0.39 is 10.8 Å². The maximum absolute atomic E-state index is 6.99. The van der Waals surface area contributed by atoms with Gasteiger partial charge in [-0.3, -0.25) is 0 Å². The van der Waals surface area contributed by atoms with Crippen LogP contribution >= 0.6 is 11.3 Å². The van der Waals surface area contributed by atoms with Gasteiger partial charge in [-0.05, 0) is 247 Å². The number of anilines is 6. The van der Waals surface area contributed by atoms with Gasteiger partial charge in [0.2, 0.25) is 0 Å². The van der Waals surface area contributed by atoms with Gasteiger partial charge in [-0.2, -0.15) is 0 Å². The van der Waals surface area contributed by atoms with Gasteiger partial charge in [0.15, 0.2) is 0 Å². The topological polar surface area (TPSA) is 19.6 Å². The second kappa shape index (κ2) is 31.5. The van der Waals surface area contributed by atoms with Crippen molar-refractivity contribution in [2.75, 3.05) is 9.80 Å². The number of hydrogen-bond acceptors (Lipinski definition) is 4. The molecular weight excluding hydrogens is 1570 g/mol. The molecule has 25 rings (SSSR count). The zero-order valence-electron chi connectivity index (χ0n) is 70.1. The van der Waals surface area contributed by atoms with Gasteiger partial charge in [0.1, 0.15) is 11.2 Å². The minimum Gasteiger partial charge on any atom is -0.456 e. The lowest BCUT2D eigenvalue weighted by Crippen LogP contribution is -2.28. The molecule has 0 fully saturated rings. The van der Waals surface area contributed by atoms with E-state index in [1.54, 1.807) is 0 Å². The monoisotopic (exact) mass is 1650 g/mol. The summed E-state index contributed by atoms with van der Waals surface area (Å²) < 4.78 is 9.52. The van der Waals surface area contributed by atoms with Crippen molar-refractivity contribution in [1.29, 1.82) is 0 Å². The highest BCUT2D eigenvalue weighted by atomic mass is 32.1. The number of hydrogen-bond donors (Lipinski definition) is 0. The number of benzene rings is 21. The van der Waals surface area contributed by atoms with Crippen LogP contribution in [0.2, 0.25) is 0 Å². The summed E-state index contributed by atoms with van der Waals surface area (Å²) in [6.07, 6.45) is 0. The standard InChI is InChI=1S/C65H43NS.C59H39NO/c1-4-15-44(16-5-1)47-27-32-54(33-28-47)66(55-34-29-48(30-35-55)45-17-6-2-7-18-45)56-36-38-59-58-37-31-53(42-63(58)67-64(59)43-56)65(52-24-14-23-49(39-52)46-19-8-3-9-20-46)61-26-13-12-25-57(61)60-40-50-21-10-11-22-51(50)41-62(60)65;1-4-15-40(16-5-1)42-27-33-47(34-28-42)60(48-35-29-43(30-36-48)41-17-6-2-7-18-41)54-25-14-26-55-57(54)52-38-32-46(39-56(52)61-55)59(45-20-8-3-9-21-45)53-24-13-12-23-50(53)51-37-31-44-19-10-11-22-49(44)58(51)59/h1-43H;1-39H. The van der Waals surface area contributed by atoms with Crippen molar-refractivity contribution in [3.8, 4) is 77.9 Å². The third-order valence-electron chi connectivity index (χ3n) is 26.7. The molecule has 2 atom stereocenters. The summed E-state index contributed by atoms with van der Waals surface area (Å²) in [5.41, 5.74) is 34.5. The van der Waals surface area contributed by atoms with E-state index in [0.29, 0.717) is 0 Å². The van der Waals surface area contributed by atoms with Crippen molar-refractivity contribution in [3.63, 3.8) is 0 Å². The third-order valence-corrected chi connectivity index (χ3v) is 27.8. The predicted octanol–water partition coefficient (Wildman–Crippen LogP) is 33.9. The molecule has 4 heteroatoms. The van der Waals surface area contributed by atoms with Gasteiger partial charge in [0, 0.05) is 54.0 Å². The Morgan fingerprint density at radius 1 is 0.195 bits per heavy atom. The highest BCUT2D eigenvalue weighted by Gasteiger charge is 2.49. The first-order valence-electron chi connectivity index (χ1n) is 44.1. The Balaban J connectivity index is 0.000000143. The summed E-state index contributed by atoms with van der Waals surface area (Å²) in [7, 11) is 0. The lowest BCUT2D eigenvalue weighted by molar-refractivity contribution is 0.666. The van der Waals surface area contributed by atoms with Crippen molar-refractivity contribution in [1.82, 2.24) is 0 Å². The third kappa shape index (κ3) is 12.7. The molecule has 128 heavy (non-hydrogen) atoms. The first kappa shape index (κ1) is 75.5. The van der Waals surface area contributed by atoms with Crippen molar-refractivity contribution < 1.29 is 4.42 Å². The summed E-state index contributed by atoms with van der Waals surface area (Å²) in [5, 5.41) is 9.71. The molecule has 0 N–H and O–H groups in total. The van der Waals surface area contributed by atoms with E-state index in [-0.39, 0.29) is 0 Å². The number of fused-ring (bicyclic) bond motifs is 15. The fourth-order valence-corrected chi connectivity index (χ4v) is 22.0. The van der Waals surface area contributed by atoms with E-state index in [1.807, 2.05) is 11.3 Å². The van der Waals surface area contributed by atoms with E-state index in [4.69, 9.17) is 4.42 Å². The maximum Gasteiger partial charge on any atom is 0.137 e. The molecule has 2 aliphatic rings. The van der Waals surface area contributed by atoms with Crippen LogP contribution in [0.15, 0.2) is 502 Å². The number of rotatable bonds is 15. The average molecular weight is 1650 g/mol. The summed E-state index contributed by atoms with van der Waals surface area (Å²) in [4.78, 5) is 4.76. The van der Waals surface area contributed by atoms with Crippen LogP contribution in [-0.2, 0) is 10.8 Å². The smallest absolute Gasteiger partial charge is 0.137 e. The minimum absolute atomic E-state index is 0.551. The van der Waals surface area contributed by atoms with Crippen molar-refractivity contribution in [2.45, 2.75) is 10.8 Å². The van der Waals surface area contributed by atoms with Gasteiger partial charge < -0.3 is 14.2 Å². The Bertz CT molecular complexity index is 7970. The van der Waals surface area contributed by atoms with E-state index >= 15 is 0 Å². The molecular formula is C124H82N2OS. The normalized spacial score (nSPS) is 14.2. The Hall–Kier alpha value is -16.2. The molecule has 2 aliphatic carbocycles. The van der Waals surface area contributed by atoms with Gasteiger partial charge in [-0.25, -0.2) is 0 Å². The molecule has 2 unspecified atom stereocenters. The van der Waals surface area contributed by atoms with Crippen molar-refractivity contribution in [3.05, 3.63) is 542 Å². The zero-order valence-corrected chi connectivity index (χ0v) is 70.9. The van der Waals surface area contributed by atoms with Crippen LogP contribution in [-0.4, -0.2) is 0 Å². The minimum atomic E-state index is -0.572. The molecule has 0 bridgehead atoms. The summed E-state index contributed by atoms with van der Waals surface area (Å²) in [6.45, 7) is 0. The maximum atomic E-state index is 6.99. The van der Waals surface area contributed by atoms with Crippen LogP contribution in [0.5, 0.6) is 0 Å². The molecule has 0 aliphatic heterocycles. The Morgan fingerprint density at radius 2 is 0.594 bits per heavy atom. The van der Waals surface area contributed by atoms with E-state index in [9.17, 15) is 0 Å². The van der Waals surface area contributed by atoms with Crippen LogP contribution < -0.4 is 9.80 Å². The van der Waals surface area contributed by atoms with Crippen LogP contribution in [0.3, 0.4) is 0 Å². The van der Waals surface area contributed by atoms with Crippen molar-refractivity contribution >= 4 is 109 Å². The van der Waals surface area contributed by atoms with Crippen LogP contribution in [0, 0.1) is 0 Å². The quantitative estimate of drug-likeness (QED) is 0.102. The summed E-state index contributed by atoms with van der Waals surface area (Å²) >= 11 is 1.89. The molecule has 3 nitrogen and oxygen atoms in total. The number of furan rings is 1. The first-order chi connectivity index (χ1) is 63.4. The molecule has 0 radical (unpaired) electrons. The van der Waals surface area contributed by atoms with E-state index in [0.717, 1.165) is 56.1 Å². The molecule has 600 valence electrons. The van der Waals surface area contributed by atoms with Gasteiger partial charge >= 0.3 is 0 Å². The molecule has 2 heterocycles. The Morgan fingerprint density at radius 3 is 1.16 bits per heavy atom. The van der Waals surface area contributed by atoms with Gasteiger partial charge in [-0.1, -0.05) is 394 Å². The second-order valence-electron chi connectivity index (χ2n) is 33.6. The van der Waals surface area contributed by atoms with Crippen LogP contribution in [0.1, 0.15) is 44.5 Å². The lowest BCUT2D eigenvalue weighted by atomic mass is 9.66. The lowest BCUT2D eigenvalue weighted by Gasteiger charge is -2.34. The van der Waals surface area contributed by atoms with Crippen molar-refractivity contribution in [2.24, 2.45) is 0 Å². The second-order valence-corrected chi connectivity index (χ2v) is 34.7. The molecule has 2 aromatic heterocycles. The summed E-state index contributed by atoms with van der Waals surface area (Å²) in [5.74, 6) is 0. The van der Waals surface area contributed by atoms with Gasteiger partial charge in [-0.15, -0.1) is 11.3 Å². The number of nitrogens with zero attached hydrogens (tertiary/aromatic N) is 2. The predicted molar refractivity (Wildman–Crippen MR) is 539 cm³/mol. The largest absolute Gasteiger partial charge is 0.456 e. The Labute approximate surface area is 748 Å². The molecule has 23 aromatic rings. The van der Waals surface area contributed by atoms with Crippen LogP contribution in [0.25, 0.3) is 142 Å². The number of thiophene rings is 1. The fourth-order valence-electron chi connectivity index (χ4n) is 20.8. The average Bonchev–Trinajstić information content (AvgIpc) is 1.53. The zero-order chi connectivity index (χ0) is 84.6. The first-order valence-corrected chi connectivity index (χ1v) is 44.9. The fraction of sp³-hybridized carbons (Fsp3) is 0.0161. The highest BCUT2D eigenvalue weighted by molar-refractivity contribution is 7.25. The molecule has 0 amide bonds. The molecule has 21 aromatic carbocycles. The van der Waals surface area contributed by atoms with Gasteiger partial charge in [0.25, 0.3) is 0 Å². The Kier molecular flexibility index (Phi) is 18.6. The highest BCUT2D eigenvalue weighted by Crippen LogP contribution is 2.61. The van der Waals surface area contributed by atoms with E-state index in [1.165, 1.54) is 164 Å². The van der Waals surface area contributed by atoms with E-state index in [2.05, 4.69) is 507 Å². The molecule has 0 spiro atoms. The summed E-state index contributed by atoms with van der Waals surface area (Å²) in [6, 6.07) is 182. The van der Waals surface area contributed by atoms with Gasteiger partial charge in [0.05, 0.1) is 21.9 Å². The molecule has 0 saturated heterocycles. The SMILES string of the molecule is c1ccc(-c2ccc(N(c3ccc(-c4ccccc4)cc3)c3ccc4c(c3)sc3cc(C5(c6cccc(-c7ccccc7)c6)c6ccccc6-c6cc7ccccc7cc65)ccc34)cc2)cc1.c1ccc(-c2ccc(N(c3ccc(-c4ccccc4)cc3)c3cccc4oc5cc(C6(c7ccccc7)c7ccccc7-c7ccc8ccccc8c76)ccc5c34)cc2)cc1. The molecule has 0 saturated carbocycles.